The van der Waals surface area contributed by atoms with Gasteiger partial charge in [-0.2, -0.15) is 0 Å². The summed E-state index contributed by atoms with van der Waals surface area (Å²) in [6, 6.07) is 15.8. The van der Waals surface area contributed by atoms with Crippen LogP contribution in [-0.2, 0) is 16.8 Å². The molecule has 1 amide bonds. The monoisotopic (exact) mass is 359 g/mol. The normalized spacial score (nSPS) is 15.5. The molecule has 0 atom stereocenters. The van der Waals surface area contributed by atoms with Gasteiger partial charge in [0.05, 0.1) is 5.69 Å². The number of fused-ring (bicyclic) bond motifs is 1. The Balaban J connectivity index is 1.80. The Morgan fingerprint density at radius 3 is 2.64 bits per heavy atom. The van der Waals surface area contributed by atoms with Gasteiger partial charge in [-0.15, -0.1) is 0 Å². The summed E-state index contributed by atoms with van der Waals surface area (Å²) in [5.41, 5.74) is 3.00. The fourth-order valence-electron chi connectivity index (χ4n) is 2.85. The number of ether oxygens (including phenoxy) is 1. The molecular weight excluding hydrogens is 342 g/mol. The molecule has 0 N–H and O–H groups in total. The predicted molar refractivity (Wildman–Crippen MR) is 91.1 cm³/mol. The summed E-state index contributed by atoms with van der Waals surface area (Å²) in [5.74, 6) is 0. The van der Waals surface area contributed by atoms with Crippen LogP contribution in [0.3, 0.4) is 0 Å². The molecule has 2 aromatic rings. The Hall–Kier alpha value is -1.81. The first-order valence-electron chi connectivity index (χ1n) is 7.26. The van der Waals surface area contributed by atoms with Crippen LogP contribution in [0, 0.1) is 0 Å². The number of amides is 1. The molecule has 0 spiro atoms. The van der Waals surface area contributed by atoms with E-state index >= 15 is 0 Å². The van der Waals surface area contributed by atoms with Crippen molar-refractivity contribution in [2.24, 2.45) is 0 Å². The summed E-state index contributed by atoms with van der Waals surface area (Å²) in [6.45, 7) is 5.19. The number of carbonyl (C=O) groups excluding carboxylic acids is 1. The molecule has 0 fully saturated rings. The molecule has 0 saturated carbocycles. The molecule has 3 nitrogen and oxygen atoms in total. The number of anilines is 1. The minimum atomic E-state index is -0.303. The topological polar surface area (TPSA) is 29.5 Å². The van der Waals surface area contributed by atoms with Gasteiger partial charge in [0, 0.05) is 16.4 Å². The molecule has 0 aliphatic carbocycles. The number of hydrogen-bond acceptors (Lipinski definition) is 2. The van der Waals surface area contributed by atoms with Gasteiger partial charge < -0.3 is 4.74 Å². The lowest BCUT2D eigenvalue weighted by Crippen LogP contribution is -2.34. The van der Waals surface area contributed by atoms with Crippen LogP contribution < -0.4 is 4.90 Å². The number of rotatable bonds is 2. The minimum absolute atomic E-state index is 0.0785. The second kappa shape index (κ2) is 5.76. The first-order chi connectivity index (χ1) is 10.5. The molecule has 0 bridgehead atoms. The molecule has 1 aliphatic heterocycles. The van der Waals surface area contributed by atoms with Crippen LogP contribution in [-0.4, -0.2) is 12.6 Å². The maximum atomic E-state index is 12.5. The standard InChI is InChI=1S/C18H18BrNO2/c1-18(2)12-20(16-14(18)9-6-10-15(16)19)17(21)22-11-13-7-4-3-5-8-13/h3-10H,11-12H2,1-2H3. The summed E-state index contributed by atoms with van der Waals surface area (Å²) in [5, 5.41) is 0. The summed E-state index contributed by atoms with van der Waals surface area (Å²) in [6.07, 6.45) is -0.303. The van der Waals surface area contributed by atoms with Crippen molar-refractivity contribution in [3.8, 4) is 0 Å². The molecule has 114 valence electrons. The molecule has 1 aliphatic rings. The van der Waals surface area contributed by atoms with E-state index in [1.807, 2.05) is 42.5 Å². The van der Waals surface area contributed by atoms with Gasteiger partial charge in [0.1, 0.15) is 6.61 Å². The Bertz CT molecular complexity index is 697. The molecule has 0 saturated heterocycles. The Morgan fingerprint density at radius 1 is 1.18 bits per heavy atom. The van der Waals surface area contributed by atoms with Crippen LogP contribution in [0.5, 0.6) is 0 Å². The second-order valence-corrected chi connectivity index (χ2v) is 7.00. The average molecular weight is 360 g/mol. The SMILES string of the molecule is CC1(C)CN(C(=O)OCc2ccccc2)c2c(Br)cccc21. The zero-order valence-corrected chi connectivity index (χ0v) is 14.3. The van der Waals surface area contributed by atoms with Gasteiger partial charge in [-0.1, -0.05) is 56.3 Å². The van der Waals surface area contributed by atoms with E-state index in [2.05, 4.69) is 35.8 Å². The number of halogens is 1. The minimum Gasteiger partial charge on any atom is -0.444 e. The maximum Gasteiger partial charge on any atom is 0.414 e. The zero-order chi connectivity index (χ0) is 15.7. The zero-order valence-electron chi connectivity index (χ0n) is 12.7. The van der Waals surface area contributed by atoms with Crippen LogP contribution in [0.2, 0.25) is 0 Å². The fourth-order valence-corrected chi connectivity index (χ4v) is 3.43. The fraction of sp³-hybridized carbons (Fsp3) is 0.278. The Morgan fingerprint density at radius 2 is 1.91 bits per heavy atom. The molecule has 4 heteroatoms. The van der Waals surface area contributed by atoms with Crippen molar-refractivity contribution in [3.63, 3.8) is 0 Å². The highest BCUT2D eigenvalue weighted by molar-refractivity contribution is 9.10. The van der Waals surface area contributed by atoms with Crippen molar-refractivity contribution in [2.75, 3.05) is 11.4 Å². The quantitative estimate of drug-likeness (QED) is 0.764. The molecule has 22 heavy (non-hydrogen) atoms. The van der Waals surface area contributed by atoms with Crippen LogP contribution >= 0.6 is 15.9 Å². The highest BCUT2D eigenvalue weighted by Crippen LogP contribution is 2.44. The lowest BCUT2D eigenvalue weighted by molar-refractivity contribution is 0.146. The molecule has 1 heterocycles. The van der Waals surface area contributed by atoms with E-state index in [-0.39, 0.29) is 18.1 Å². The highest BCUT2D eigenvalue weighted by atomic mass is 79.9. The van der Waals surface area contributed by atoms with Crippen molar-refractivity contribution >= 4 is 27.7 Å². The molecule has 3 rings (SSSR count). The van der Waals surface area contributed by atoms with Crippen LogP contribution in [0.1, 0.15) is 25.0 Å². The first-order valence-corrected chi connectivity index (χ1v) is 8.05. The van der Waals surface area contributed by atoms with E-state index in [1.54, 1.807) is 4.90 Å². The molecule has 2 aromatic carbocycles. The van der Waals surface area contributed by atoms with E-state index in [1.165, 1.54) is 5.56 Å². The van der Waals surface area contributed by atoms with Gasteiger partial charge in [-0.25, -0.2) is 4.79 Å². The van der Waals surface area contributed by atoms with Crippen molar-refractivity contribution in [3.05, 3.63) is 64.1 Å². The lowest BCUT2D eigenvalue weighted by atomic mass is 9.87. The van der Waals surface area contributed by atoms with Gasteiger partial charge >= 0.3 is 6.09 Å². The molecule has 0 radical (unpaired) electrons. The third-order valence-corrected chi connectivity index (χ3v) is 4.60. The second-order valence-electron chi connectivity index (χ2n) is 6.15. The third-order valence-electron chi connectivity index (χ3n) is 3.96. The Kier molecular flexibility index (Phi) is 3.96. The molecule has 0 aromatic heterocycles. The summed E-state index contributed by atoms with van der Waals surface area (Å²) in [4.78, 5) is 14.2. The summed E-state index contributed by atoms with van der Waals surface area (Å²) in [7, 11) is 0. The number of para-hydroxylation sites is 1. The van der Waals surface area contributed by atoms with Gasteiger partial charge in [0.2, 0.25) is 0 Å². The predicted octanol–water partition coefficient (Wildman–Crippen LogP) is 4.88. The van der Waals surface area contributed by atoms with Gasteiger partial charge in [0.15, 0.2) is 0 Å². The van der Waals surface area contributed by atoms with Crippen molar-refractivity contribution in [1.29, 1.82) is 0 Å². The average Bonchev–Trinajstić information content (AvgIpc) is 2.79. The Labute approximate surface area is 139 Å². The first kappa shape index (κ1) is 15.1. The van der Waals surface area contributed by atoms with Crippen molar-refractivity contribution in [1.82, 2.24) is 0 Å². The van der Waals surface area contributed by atoms with Gasteiger partial charge in [0.25, 0.3) is 0 Å². The molecule has 0 unspecified atom stereocenters. The lowest BCUT2D eigenvalue weighted by Gasteiger charge is -2.20. The van der Waals surface area contributed by atoms with Crippen molar-refractivity contribution < 1.29 is 9.53 Å². The highest BCUT2D eigenvalue weighted by Gasteiger charge is 2.39. The van der Waals surface area contributed by atoms with Crippen molar-refractivity contribution in [2.45, 2.75) is 25.9 Å². The summed E-state index contributed by atoms with van der Waals surface area (Å²) < 4.78 is 6.41. The molecular formula is C18H18BrNO2. The summed E-state index contributed by atoms with van der Waals surface area (Å²) >= 11 is 3.55. The van der Waals surface area contributed by atoms with E-state index < -0.39 is 0 Å². The van der Waals surface area contributed by atoms with Gasteiger partial charge in [-0.05, 0) is 33.1 Å². The van der Waals surface area contributed by atoms with Crippen LogP contribution in [0.15, 0.2) is 53.0 Å². The maximum absolute atomic E-state index is 12.5. The smallest absolute Gasteiger partial charge is 0.414 e. The number of benzene rings is 2. The number of hydrogen-bond donors (Lipinski definition) is 0. The van der Waals surface area contributed by atoms with E-state index in [0.29, 0.717) is 6.54 Å². The number of carbonyl (C=O) groups is 1. The largest absolute Gasteiger partial charge is 0.444 e. The third kappa shape index (κ3) is 2.75. The van der Waals surface area contributed by atoms with Gasteiger partial charge in [-0.3, -0.25) is 4.90 Å². The van der Waals surface area contributed by atoms with E-state index in [0.717, 1.165) is 15.7 Å². The van der Waals surface area contributed by atoms with E-state index in [9.17, 15) is 4.79 Å². The number of nitrogens with zero attached hydrogens (tertiary/aromatic N) is 1. The van der Waals surface area contributed by atoms with Crippen LogP contribution in [0.4, 0.5) is 10.5 Å². The van der Waals surface area contributed by atoms with Crippen LogP contribution in [0.25, 0.3) is 0 Å². The van der Waals surface area contributed by atoms with E-state index in [4.69, 9.17) is 4.74 Å².